The maximum atomic E-state index is 6.56. The molecule has 1 aliphatic carbocycles. The number of hydrogen-bond donors (Lipinski definition) is 0. The van der Waals surface area contributed by atoms with Gasteiger partial charge in [0.15, 0.2) is 17.5 Å². The zero-order chi connectivity index (χ0) is 35.6. The summed E-state index contributed by atoms with van der Waals surface area (Å²) in [4.78, 5) is 15.3. The van der Waals surface area contributed by atoms with E-state index in [4.69, 9.17) is 19.7 Å². The second kappa shape index (κ2) is 11.9. The van der Waals surface area contributed by atoms with Crippen molar-refractivity contribution in [2.45, 2.75) is 5.41 Å². The number of ether oxygens (including phenoxy) is 1. The summed E-state index contributed by atoms with van der Waals surface area (Å²) in [6, 6.07) is 66.1. The normalized spacial score (nSPS) is 13.1. The summed E-state index contributed by atoms with van der Waals surface area (Å²) in [6.45, 7) is 0. The van der Waals surface area contributed by atoms with Crippen molar-refractivity contribution in [3.05, 3.63) is 210 Å². The number of nitrogens with zero attached hydrogens (tertiary/aromatic N) is 3. The number of para-hydroxylation sites is 2. The molecule has 0 atom stereocenters. The highest BCUT2D eigenvalue weighted by Gasteiger charge is 2.51. The van der Waals surface area contributed by atoms with Crippen molar-refractivity contribution in [3.8, 4) is 67.9 Å². The highest BCUT2D eigenvalue weighted by atomic mass is 16.5. The Morgan fingerprint density at radius 1 is 0.352 bits per heavy atom. The fourth-order valence-electron chi connectivity index (χ4n) is 8.73. The van der Waals surface area contributed by atoms with Gasteiger partial charge in [-0.05, 0) is 62.4 Å². The van der Waals surface area contributed by atoms with Gasteiger partial charge >= 0.3 is 0 Å². The van der Waals surface area contributed by atoms with Crippen LogP contribution in [0.1, 0.15) is 22.3 Å². The summed E-state index contributed by atoms with van der Waals surface area (Å²) in [6.07, 6.45) is 0. The maximum absolute atomic E-state index is 6.56. The van der Waals surface area contributed by atoms with Gasteiger partial charge in [-0.15, -0.1) is 0 Å². The van der Waals surface area contributed by atoms with E-state index in [0.717, 1.165) is 61.2 Å². The SMILES string of the molecule is c1ccc(-c2nc(-c3cccc(-c4cccc5c4-c4ccccc4C54c5ccccc5Oc5ccccc54)c3)nc(-c3cccc4ccccc34)n2)cc1. The van der Waals surface area contributed by atoms with Crippen LogP contribution >= 0.6 is 0 Å². The van der Waals surface area contributed by atoms with Gasteiger partial charge in [-0.1, -0.05) is 170 Å². The van der Waals surface area contributed by atoms with Gasteiger partial charge in [-0.3, -0.25) is 0 Å². The Balaban J connectivity index is 1.13. The average Bonchev–Trinajstić information content (AvgIpc) is 3.54. The molecule has 9 aromatic rings. The Morgan fingerprint density at radius 2 is 0.870 bits per heavy atom. The molecule has 11 rings (SSSR count). The Bertz CT molecular complexity index is 2880. The molecule has 4 nitrogen and oxygen atoms in total. The minimum Gasteiger partial charge on any atom is -0.457 e. The molecule has 54 heavy (non-hydrogen) atoms. The van der Waals surface area contributed by atoms with E-state index in [1.54, 1.807) is 0 Å². The van der Waals surface area contributed by atoms with Crippen molar-refractivity contribution < 1.29 is 4.74 Å². The molecule has 0 bridgehead atoms. The third kappa shape index (κ3) is 4.47. The molecule has 1 aliphatic heterocycles. The van der Waals surface area contributed by atoms with Gasteiger partial charge in [0, 0.05) is 27.8 Å². The van der Waals surface area contributed by atoms with Gasteiger partial charge in [-0.25, -0.2) is 15.0 Å². The third-order valence-electron chi connectivity index (χ3n) is 11.0. The monoisotopic (exact) mass is 689 g/mol. The molecule has 0 amide bonds. The van der Waals surface area contributed by atoms with Crippen LogP contribution in [0.2, 0.25) is 0 Å². The smallest absolute Gasteiger partial charge is 0.164 e. The van der Waals surface area contributed by atoms with Crippen LogP contribution in [0.5, 0.6) is 11.5 Å². The van der Waals surface area contributed by atoms with Crippen molar-refractivity contribution in [1.29, 1.82) is 0 Å². The van der Waals surface area contributed by atoms with Crippen molar-refractivity contribution in [2.75, 3.05) is 0 Å². The molecule has 0 saturated heterocycles. The average molecular weight is 690 g/mol. The minimum atomic E-state index is -0.531. The highest BCUT2D eigenvalue weighted by molar-refractivity contribution is 5.98. The zero-order valence-electron chi connectivity index (χ0n) is 29.1. The van der Waals surface area contributed by atoms with Gasteiger partial charge in [0.1, 0.15) is 11.5 Å². The molecule has 252 valence electrons. The van der Waals surface area contributed by atoms with Crippen LogP contribution in [0, 0.1) is 0 Å². The fourth-order valence-corrected chi connectivity index (χ4v) is 8.73. The Kier molecular flexibility index (Phi) is 6.73. The number of benzene rings is 8. The summed E-state index contributed by atoms with van der Waals surface area (Å²) in [5, 5.41) is 2.25. The molecule has 0 saturated carbocycles. The first-order valence-corrected chi connectivity index (χ1v) is 18.3. The van der Waals surface area contributed by atoms with Crippen LogP contribution in [-0.2, 0) is 5.41 Å². The summed E-state index contributed by atoms with van der Waals surface area (Å²) in [5.74, 6) is 3.69. The fraction of sp³-hybridized carbons (Fsp3) is 0.0200. The van der Waals surface area contributed by atoms with E-state index in [9.17, 15) is 0 Å². The highest BCUT2D eigenvalue weighted by Crippen LogP contribution is 2.63. The Labute approximate surface area is 313 Å². The second-order valence-corrected chi connectivity index (χ2v) is 13.9. The van der Waals surface area contributed by atoms with E-state index >= 15 is 0 Å². The van der Waals surface area contributed by atoms with E-state index in [1.807, 2.05) is 18.2 Å². The van der Waals surface area contributed by atoms with E-state index in [-0.39, 0.29) is 0 Å². The molecule has 0 fully saturated rings. The largest absolute Gasteiger partial charge is 0.457 e. The van der Waals surface area contributed by atoms with Crippen LogP contribution in [-0.4, -0.2) is 15.0 Å². The molecule has 0 unspecified atom stereocenters. The first-order chi connectivity index (χ1) is 26.8. The first kappa shape index (κ1) is 30.5. The van der Waals surface area contributed by atoms with Crippen LogP contribution in [0.25, 0.3) is 67.2 Å². The van der Waals surface area contributed by atoms with E-state index < -0.39 is 5.41 Å². The molecule has 0 N–H and O–H groups in total. The summed E-state index contributed by atoms with van der Waals surface area (Å²) in [7, 11) is 0. The van der Waals surface area contributed by atoms with Gasteiger partial charge in [0.2, 0.25) is 0 Å². The molecule has 1 spiro atoms. The maximum Gasteiger partial charge on any atom is 0.164 e. The molecular formula is C50H31N3O. The van der Waals surface area contributed by atoms with Crippen molar-refractivity contribution in [3.63, 3.8) is 0 Å². The molecule has 0 radical (unpaired) electrons. The van der Waals surface area contributed by atoms with Crippen molar-refractivity contribution in [2.24, 2.45) is 0 Å². The Hall–Kier alpha value is -7.17. The van der Waals surface area contributed by atoms with Crippen molar-refractivity contribution in [1.82, 2.24) is 15.0 Å². The predicted octanol–water partition coefficient (Wildman–Crippen LogP) is 12.2. The molecule has 4 heteroatoms. The van der Waals surface area contributed by atoms with Crippen LogP contribution in [0.4, 0.5) is 0 Å². The van der Waals surface area contributed by atoms with Gasteiger partial charge in [-0.2, -0.15) is 0 Å². The summed E-state index contributed by atoms with van der Waals surface area (Å²) < 4.78 is 6.56. The second-order valence-electron chi connectivity index (χ2n) is 13.9. The number of hydrogen-bond acceptors (Lipinski definition) is 4. The number of fused-ring (bicyclic) bond motifs is 10. The molecule has 8 aromatic carbocycles. The first-order valence-electron chi connectivity index (χ1n) is 18.3. The lowest BCUT2D eigenvalue weighted by atomic mass is 9.66. The van der Waals surface area contributed by atoms with E-state index in [0.29, 0.717) is 17.5 Å². The standard InChI is InChI=1S/C50H31N3O/c1-2-16-33(17-3-1)47-51-48(53-49(52-47)38-24-13-18-32-15-4-5-21-36(32)38)35-20-12-19-34(31-35)37-23-14-28-43-46(37)39-22-6-7-25-40(39)50(43)41-26-8-10-29-44(41)54-45-30-11-9-27-42(45)50/h1-31H. The van der Waals surface area contributed by atoms with Gasteiger partial charge in [0.05, 0.1) is 5.41 Å². The van der Waals surface area contributed by atoms with Crippen LogP contribution in [0.3, 0.4) is 0 Å². The molecule has 2 aliphatic rings. The van der Waals surface area contributed by atoms with E-state index in [1.165, 1.54) is 22.3 Å². The topological polar surface area (TPSA) is 47.9 Å². The summed E-state index contributed by atoms with van der Waals surface area (Å²) in [5.41, 5.74) is 11.8. The Morgan fingerprint density at radius 3 is 1.69 bits per heavy atom. The minimum absolute atomic E-state index is 0.531. The van der Waals surface area contributed by atoms with Gasteiger partial charge in [0.25, 0.3) is 0 Å². The van der Waals surface area contributed by atoms with Crippen LogP contribution < -0.4 is 4.74 Å². The lowest BCUT2D eigenvalue weighted by Gasteiger charge is -2.39. The van der Waals surface area contributed by atoms with Gasteiger partial charge < -0.3 is 4.74 Å². The quantitative estimate of drug-likeness (QED) is 0.185. The zero-order valence-corrected chi connectivity index (χ0v) is 29.1. The summed E-state index contributed by atoms with van der Waals surface area (Å²) >= 11 is 0. The number of rotatable bonds is 4. The van der Waals surface area contributed by atoms with Crippen molar-refractivity contribution >= 4 is 10.8 Å². The number of aromatic nitrogens is 3. The molecular weight excluding hydrogens is 659 g/mol. The predicted molar refractivity (Wildman–Crippen MR) is 216 cm³/mol. The molecule has 2 heterocycles. The van der Waals surface area contributed by atoms with E-state index in [2.05, 4.69) is 170 Å². The third-order valence-corrected chi connectivity index (χ3v) is 11.0. The lowest BCUT2D eigenvalue weighted by molar-refractivity contribution is 0.436. The van der Waals surface area contributed by atoms with Crippen LogP contribution in [0.15, 0.2) is 188 Å². The molecule has 1 aromatic heterocycles. The lowest BCUT2D eigenvalue weighted by Crippen LogP contribution is -2.32.